The fourth-order valence-electron chi connectivity index (χ4n) is 5.81. The van der Waals surface area contributed by atoms with Crippen LogP contribution in [-0.2, 0) is 18.9 Å². The van der Waals surface area contributed by atoms with Gasteiger partial charge in [0.1, 0.15) is 19.0 Å². The number of halogens is 6. The molecule has 1 amide bonds. The third-order valence-corrected chi connectivity index (χ3v) is 10.1. The van der Waals surface area contributed by atoms with E-state index in [-0.39, 0.29) is 63.8 Å². The summed E-state index contributed by atoms with van der Waals surface area (Å²) in [5, 5.41) is 3.47. The van der Waals surface area contributed by atoms with Gasteiger partial charge in [0.05, 0.1) is 38.1 Å². The first-order valence-corrected chi connectivity index (χ1v) is 18.8. The average Bonchev–Trinajstić information content (AvgIpc) is 3.75. The number of carbonyl (C=O) groups is 4. The van der Waals surface area contributed by atoms with Gasteiger partial charge in [-0.1, -0.05) is 87.8 Å². The van der Waals surface area contributed by atoms with E-state index in [1.165, 1.54) is 71.8 Å². The van der Waals surface area contributed by atoms with E-state index in [0.29, 0.717) is 5.56 Å². The van der Waals surface area contributed by atoms with E-state index in [9.17, 15) is 19.2 Å². The maximum Gasteiger partial charge on any atom is 0.340 e. The van der Waals surface area contributed by atoms with Gasteiger partial charge in [-0.25, -0.2) is 29.3 Å². The summed E-state index contributed by atoms with van der Waals surface area (Å²) < 4.78 is 25.5. The zero-order chi connectivity index (χ0) is 40.4. The molecule has 19 heteroatoms. The number of hydrogen-bond donors (Lipinski definition) is 1. The summed E-state index contributed by atoms with van der Waals surface area (Å²) in [6.07, 6.45) is -3.24. The second kappa shape index (κ2) is 17.2. The first-order chi connectivity index (χ1) is 27.4. The fraction of sp³-hybridized carbons (Fsp3) is 0.132. The van der Waals surface area contributed by atoms with Gasteiger partial charge in [0.15, 0.2) is 35.4 Å². The summed E-state index contributed by atoms with van der Waals surface area (Å²) >= 11 is 37.2. The van der Waals surface area contributed by atoms with Crippen LogP contribution < -0.4 is 5.32 Å². The minimum absolute atomic E-state index is 0.0140. The number of nitrogens with one attached hydrogen (secondary N) is 1. The molecule has 290 valence electrons. The van der Waals surface area contributed by atoms with E-state index in [1.54, 1.807) is 30.3 Å². The minimum atomic E-state index is -1.52. The molecular weight excluding hydrogens is 867 g/mol. The van der Waals surface area contributed by atoms with Gasteiger partial charge < -0.3 is 24.3 Å². The van der Waals surface area contributed by atoms with Crippen LogP contribution in [0.2, 0.25) is 30.1 Å². The Hall–Kier alpha value is -4.99. The lowest BCUT2D eigenvalue weighted by molar-refractivity contribution is -0.0606. The molecule has 3 heterocycles. The van der Waals surface area contributed by atoms with Crippen LogP contribution in [0.4, 0.5) is 5.82 Å². The number of aromatic nitrogens is 4. The molecule has 0 radical (unpaired) electrons. The molecule has 1 saturated heterocycles. The molecule has 7 rings (SSSR count). The highest BCUT2D eigenvalue weighted by molar-refractivity contribution is 6.37. The number of fused-ring (bicyclic) bond motifs is 1. The Bertz CT molecular complexity index is 2540. The first-order valence-electron chi connectivity index (χ1n) is 16.5. The summed E-state index contributed by atoms with van der Waals surface area (Å²) in [6, 6.07) is 20.9. The van der Waals surface area contributed by atoms with Crippen molar-refractivity contribution in [3.63, 3.8) is 0 Å². The zero-order valence-corrected chi connectivity index (χ0v) is 33.1. The van der Waals surface area contributed by atoms with Crippen LogP contribution in [0.1, 0.15) is 47.7 Å². The van der Waals surface area contributed by atoms with Crippen molar-refractivity contribution < 1.29 is 38.1 Å². The van der Waals surface area contributed by atoms with Crippen LogP contribution >= 0.6 is 69.6 Å². The molecule has 2 aromatic heterocycles. The Morgan fingerprint density at radius 1 is 0.667 bits per heavy atom. The fourth-order valence-corrected chi connectivity index (χ4v) is 7.26. The molecule has 1 N–H and O–H groups in total. The second-order valence-electron chi connectivity index (χ2n) is 12.1. The van der Waals surface area contributed by atoms with Crippen LogP contribution in [0.15, 0.2) is 97.6 Å². The number of nitrogens with zero attached hydrogens (tertiary/aromatic N) is 4. The van der Waals surface area contributed by atoms with E-state index in [0.717, 1.165) is 0 Å². The molecule has 1 aliphatic rings. The standard InChI is InChI=1S/C38H23Cl6N5O8/c39-19-6-9-22(25(42)12-19)36(51)54-15-28-30(56-37(52)23-10-7-20(40)13-26(23)43)31(57-38(53)24-11-8-21(41)14-27(24)44)35(55-28)49-17-47-29-32(45-16-46-33(29)49)48-34(50)18-4-2-1-3-5-18/h1-14,16-17,28,30-31,35H,15H2,(H,45,46,48,50)/t28-,30+,31+,35+/m0/s1. The van der Waals surface area contributed by atoms with Gasteiger partial charge in [-0.2, -0.15) is 0 Å². The molecule has 0 saturated carbocycles. The molecule has 0 aliphatic carbocycles. The third-order valence-electron chi connectivity index (χ3n) is 8.50. The summed E-state index contributed by atoms with van der Waals surface area (Å²) in [5.74, 6) is -3.20. The van der Waals surface area contributed by atoms with Crippen molar-refractivity contribution in [2.75, 3.05) is 11.9 Å². The first kappa shape index (κ1) is 40.2. The van der Waals surface area contributed by atoms with Crippen LogP contribution in [-0.4, -0.2) is 68.3 Å². The normalized spacial score (nSPS) is 17.6. The summed E-state index contributed by atoms with van der Waals surface area (Å²) in [5.41, 5.74) is 0.420. The second-order valence-corrected chi connectivity index (χ2v) is 14.7. The third kappa shape index (κ3) is 8.80. The van der Waals surface area contributed by atoms with E-state index >= 15 is 0 Å². The number of benzene rings is 4. The van der Waals surface area contributed by atoms with Gasteiger partial charge in [0, 0.05) is 20.6 Å². The Morgan fingerprint density at radius 3 is 1.77 bits per heavy atom. The molecule has 4 atom stereocenters. The molecule has 1 aliphatic heterocycles. The number of anilines is 1. The number of rotatable bonds is 10. The molecule has 0 bridgehead atoms. The smallest absolute Gasteiger partial charge is 0.340 e. The predicted octanol–water partition coefficient (Wildman–Crippen LogP) is 9.20. The van der Waals surface area contributed by atoms with Crippen molar-refractivity contribution in [3.8, 4) is 0 Å². The summed E-state index contributed by atoms with van der Waals surface area (Å²) in [6.45, 7) is -0.559. The lowest BCUT2D eigenvalue weighted by Crippen LogP contribution is -2.41. The predicted molar refractivity (Wildman–Crippen MR) is 212 cm³/mol. The molecule has 57 heavy (non-hydrogen) atoms. The van der Waals surface area contributed by atoms with E-state index in [4.69, 9.17) is 88.6 Å². The minimum Gasteiger partial charge on any atom is -0.459 e. The van der Waals surface area contributed by atoms with Crippen LogP contribution in [0.25, 0.3) is 11.2 Å². The molecule has 13 nitrogen and oxygen atoms in total. The highest BCUT2D eigenvalue weighted by atomic mass is 35.5. The summed E-state index contributed by atoms with van der Waals surface area (Å²) in [7, 11) is 0. The van der Waals surface area contributed by atoms with Gasteiger partial charge in [-0.15, -0.1) is 0 Å². The Morgan fingerprint density at radius 2 is 1.21 bits per heavy atom. The van der Waals surface area contributed by atoms with Gasteiger partial charge in [-0.3, -0.25) is 9.36 Å². The zero-order valence-electron chi connectivity index (χ0n) is 28.6. The van der Waals surface area contributed by atoms with Crippen LogP contribution in [0.5, 0.6) is 0 Å². The number of imidazole rings is 1. The Balaban J connectivity index is 1.28. The number of hydrogen-bond acceptors (Lipinski definition) is 11. The van der Waals surface area contributed by atoms with Gasteiger partial charge >= 0.3 is 17.9 Å². The average molecular weight is 890 g/mol. The molecule has 1 fully saturated rings. The van der Waals surface area contributed by atoms with Gasteiger partial charge in [0.2, 0.25) is 0 Å². The monoisotopic (exact) mass is 887 g/mol. The molecule has 0 unspecified atom stereocenters. The lowest BCUT2D eigenvalue weighted by atomic mass is 10.1. The molecular formula is C38H23Cl6N5O8. The van der Waals surface area contributed by atoms with Crippen LogP contribution in [0, 0.1) is 0 Å². The number of carbonyl (C=O) groups excluding carboxylic acids is 4. The largest absolute Gasteiger partial charge is 0.459 e. The van der Waals surface area contributed by atoms with E-state index in [2.05, 4.69) is 20.3 Å². The highest BCUT2D eigenvalue weighted by Gasteiger charge is 2.52. The Labute approximate surface area is 352 Å². The van der Waals surface area contributed by atoms with E-state index in [1.807, 2.05) is 0 Å². The lowest BCUT2D eigenvalue weighted by Gasteiger charge is -2.25. The molecule has 0 spiro atoms. The quantitative estimate of drug-likeness (QED) is 0.103. The molecule has 6 aromatic rings. The van der Waals surface area contributed by atoms with Gasteiger partial charge in [0.25, 0.3) is 5.91 Å². The topological polar surface area (TPSA) is 161 Å². The SMILES string of the molecule is O=C(Nc1ncnc2c1ncn2[C@@H]1O[C@@H](COC(=O)c2ccc(Cl)cc2Cl)[C@@H](OC(=O)c2ccc(Cl)cc2Cl)[C@H]1OC(=O)c1ccc(Cl)cc1Cl)c1ccccc1. The maximum absolute atomic E-state index is 13.8. The molecule has 4 aromatic carbocycles. The van der Waals surface area contributed by atoms with Crippen molar-refractivity contribution in [1.82, 2.24) is 19.5 Å². The van der Waals surface area contributed by atoms with Gasteiger partial charge in [-0.05, 0) is 66.7 Å². The maximum atomic E-state index is 13.8. The van der Waals surface area contributed by atoms with Crippen molar-refractivity contribution in [1.29, 1.82) is 0 Å². The van der Waals surface area contributed by atoms with E-state index < -0.39 is 55.0 Å². The number of ether oxygens (including phenoxy) is 4. The summed E-state index contributed by atoms with van der Waals surface area (Å²) in [4.78, 5) is 67.0. The number of esters is 3. The van der Waals surface area contributed by atoms with Crippen molar-refractivity contribution in [2.45, 2.75) is 24.5 Å². The van der Waals surface area contributed by atoms with Crippen molar-refractivity contribution in [3.05, 3.63) is 150 Å². The Kier molecular flexibility index (Phi) is 12.2. The number of amides is 1. The van der Waals surface area contributed by atoms with Crippen LogP contribution in [0.3, 0.4) is 0 Å². The van der Waals surface area contributed by atoms with Crippen molar-refractivity contribution >= 4 is 110 Å². The van der Waals surface area contributed by atoms with Crippen molar-refractivity contribution in [2.24, 2.45) is 0 Å². The highest BCUT2D eigenvalue weighted by Crippen LogP contribution is 2.38.